The van der Waals surface area contributed by atoms with Gasteiger partial charge < -0.3 is 9.97 Å². The number of hydrogen-bond donors (Lipinski definition) is 2. The number of aryl methyl sites for hydroxylation is 2. The predicted octanol–water partition coefficient (Wildman–Crippen LogP) is 2.02. The Bertz CT molecular complexity index is 752. The van der Waals surface area contributed by atoms with E-state index in [9.17, 15) is 4.79 Å². The maximum Gasteiger partial charge on any atom is 0.257 e. The number of benzene rings is 1. The molecule has 80 valence electrons. The van der Waals surface area contributed by atoms with E-state index >= 15 is 0 Å². The third kappa shape index (κ3) is 1.16. The average Bonchev–Trinajstić information content (AvgIpc) is 2.59. The van der Waals surface area contributed by atoms with Crippen molar-refractivity contribution < 1.29 is 0 Å². The van der Waals surface area contributed by atoms with E-state index in [-0.39, 0.29) is 5.56 Å². The number of nitrogens with one attached hydrogen (secondary N) is 2. The van der Waals surface area contributed by atoms with E-state index < -0.39 is 0 Å². The molecule has 0 aliphatic heterocycles. The third-order valence-corrected chi connectivity index (χ3v) is 2.74. The van der Waals surface area contributed by atoms with Gasteiger partial charge in [-0.05, 0) is 19.9 Å². The number of H-pyrrole nitrogens is 2. The Hall–Kier alpha value is -2.10. The fourth-order valence-corrected chi connectivity index (χ4v) is 2.02. The first kappa shape index (κ1) is 9.15. The van der Waals surface area contributed by atoms with E-state index in [2.05, 4.69) is 15.0 Å². The molecule has 0 spiro atoms. The Morgan fingerprint density at radius 1 is 1.12 bits per heavy atom. The highest BCUT2D eigenvalue weighted by molar-refractivity contribution is 6.02. The molecule has 0 radical (unpaired) electrons. The second-order valence-corrected chi connectivity index (χ2v) is 4.05. The Balaban J connectivity index is 2.64. The van der Waals surface area contributed by atoms with E-state index in [0.29, 0.717) is 11.0 Å². The molecule has 0 saturated heterocycles. The smallest absolute Gasteiger partial charge is 0.257 e. The Morgan fingerprint density at radius 3 is 2.75 bits per heavy atom. The summed E-state index contributed by atoms with van der Waals surface area (Å²) in [6, 6.07) is 5.85. The molecule has 1 aromatic carbocycles. The molecule has 2 heterocycles. The van der Waals surface area contributed by atoms with Crippen LogP contribution in [0.1, 0.15) is 11.4 Å². The molecule has 4 heteroatoms. The van der Waals surface area contributed by atoms with Gasteiger partial charge in [0.2, 0.25) is 0 Å². The lowest BCUT2D eigenvalue weighted by Gasteiger charge is -1.99. The molecule has 3 rings (SSSR count). The molecule has 4 nitrogen and oxygen atoms in total. The Labute approximate surface area is 91.3 Å². The zero-order chi connectivity index (χ0) is 11.3. The maximum atomic E-state index is 11.8. The van der Waals surface area contributed by atoms with Crippen LogP contribution in [0.25, 0.3) is 21.9 Å². The van der Waals surface area contributed by atoms with Crippen molar-refractivity contribution in [1.29, 1.82) is 0 Å². The van der Waals surface area contributed by atoms with Gasteiger partial charge in [0.15, 0.2) is 5.65 Å². The summed E-state index contributed by atoms with van der Waals surface area (Å²) in [5.41, 5.74) is 2.51. The molecule has 2 aromatic heterocycles. The second kappa shape index (κ2) is 2.95. The SMILES string of the molecule is Cc1ccc2c(c1)c(=O)[nH]c1nc(C)[nH]c12. The van der Waals surface area contributed by atoms with Crippen LogP contribution in [0.2, 0.25) is 0 Å². The third-order valence-electron chi connectivity index (χ3n) is 2.74. The standard InChI is InChI=1S/C12H11N3O/c1-6-3-4-8-9(5-6)12(16)15-11-10(8)13-7(2)14-11/h3-5H,1-2H3,(H2,13,14,15,16). The van der Waals surface area contributed by atoms with Gasteiger partial charge in [-0.2, -0.15) is 0 Å². The van der Waals surface area contributed by atoms with Crippen molar-refractivity contribution in [1.82, 2.24) is 15.0 Å². The lowest BCUT2D eigenvalue weighted by Crippen LogP contribution is -2.06. The van der Waals surface area contributed by atoms with E-state index in [0.717, 1.165) is 22.3 Å². The number of fused-ring (bicyclic) bond motifs is 3. The lowest BCUT2D eigenvalue weighted by atomic mass is 10.1. The Kier molecular flexibility index (Phi) is 1.68. The number of imidazole rings is 1. The zero-order valence-corrected chi connectivity index (χ0v) is 9.09. The first-order valence-corrected chi connectivity index (χ1v) is 5.14. The zero-order valence-electron chi connectivity index (χ0n) is 9.09. The van der Waals surface area contributed by atoms with Gasteiger partial charge >= 0.3 is 0 Å². The predicted molar refractivity (Wildman–Crippen MR) is 63.7 cm³/mol. The average molecular weight is 213 g/mol. The van der Waals surface area contributed by atoms with Gasteiger partial charge in [-0.15, -0.1) is 0 Å². The topological polar surface area (TPSA) is 61.5 Å². The van der Waals surface area contributed by atoms with E-state index in [1.54, 1.807) is 0 Å². The molecule has 0 aliphatic rings. The van der Waals surface area contributed by atoms with Crippen LogP contribution < -0.4 is 5.56 Å². The molecule has 2 N–H and O–H groups in total. The molecule has 0 atom stereocenters. The fraction of sp³-hybridized carbons (Fsp3) is 0.167. The number of pyridine rings is 1. The molecule has 0 unspecified atom stereocenters. The van der Waals surface area contributed by atoms with Gasteiger partial charge in [0, 0.05) is 10.8 Å². The molecule has 16 heavy (non-hydrogen) atoms. The van der Waals surface area contributed by atoms with Gasteiger partial charge in [0.1, 0.15) is 5.82 Å². The monoisotopic (exact) mass is 213 g/mol. The summed E-state index contributed by atoms with van der Waals surface area (Å²) in [7, 11) is 0. The number of aromatic nitrogens is 3. The molecular weight excluding hydrogens is 202 g/mol. The molecule has 0 fully saturated rings. The summed E-state index contributed by atoms with van der Waals surface area (Å²) in [5.74, 6) is 0.804. The summed E-state index contributed by atoms with van der Waals surface area (Å²) in [6.45, 7) is 3.85. The molecule has 0 saturated carbocycles. The summed E-state index contributed by atoms with van der Waals surface area (Å²) in [5, 5.41) is 1.63. The number of aromatic amines is 2. The van der Waals surface area contributed by atoms with E-state index in [1.165, 1.54) is 0 Å². The quantitative estimate of drug-likeness (QED) is 0.600. The van der Waals surface area contributed by atoms with Gasteiger partial charge in [-0.25, -0.2) is 4.98 Å². The van der Waals surface area contributed by atoms with Crippen LogP contribution >= 0.6 is 0 Å². The van der Waals surface area contributed by atoms with Gasteiger partial charge in [0.05, 0.1) is 5.52 Å². The van der Waals surface area contributed by atoms with E-state index in [1.807, 2.05) is 32.0 Å². The minimum atomic E-state index is -0.0855. The number of nitrogens with zero attached hydrogens (tertiary/aromatic N) is 1. The summed E-state index contributed by atoms with van der Waals surface area (Å²) in [4.78, 5) is 22.0. The van der Waals surface area contributed by atoms with Gasteiger partial charge in [0.25, 0.3) is 5.56 Å². The highest BCUT2D eigenvalue weighted by Gasteiger charge is 2.07. The van der Waals surface area contributed by atoms with Crippen LogP contribution in [-0.4, -0.2) is 15.0 Å². The van der Waals surface area contributed by atoms with Crippen molar-refractivity contribution >= 4 is 21.9 Å². The van der Waals surface area contributed by atoms with Crippen LogP contribution in [0.15, 0.2) is 23.0 Å². The highest BCUT2D eigenvalue weighted by Crippen LogP contribution is 2.19. The number of rotatable bonds is 0. The van der Waals surface area contributed by atoms with Crippen LogP contribution in [-0.2, 0) is 0 Å². The minimum absolute atomic E-state index is 0.0855. The van der Waals surface area contributed by atoms with Crippen LogP contribution in [0.3, 0.4) is 0 Å². The van der Waals surface area contributed by atoms with Crippen molar-refractivity contribution in [2.24, 2.45) is 0 Å². The van der Waals surface area contributed by atoms with Crippen molar-refractivity contribution in [3.63, 3.8) is 0 Å². The normalized spacial score (nSPS) is 11.4. The van der Waals surface area contributed by atoms with Crippen molar-refractivity contribution in [3.8, 4) is 0 Å². The Morgan fingerprint density at radius 2 is 1.94 bits per heavy atom. The highest BCUT2D eigenvalue weighted by atomic mass is 16.1. The summed E-state index contributed by atoms with van der Waals surface area (Å²) >= 11 is 0. The number of hydrogen-bond acceptors (Lipinski definition) is 2. The molecule has 0 bridgehead atoms. The lowest BCUT2D eigenvalue weighted by molar-refractivity contribution is 1.16. The van der Waals surface area contributed by atoms with Crippen LogP contribution in [0.4, 0.5) is 0 Å². The summed E-state index contributed by atoms with van der Waals surface area (Å²) < 4.78 is 0. The molecule has 0 amide bonds. The van der Waals surface area contributed by atoms with Crippen LogP contribution in [0.5, 0.6) is 0 Å². The second-order valence-electron chi connectivity index (χ2n) is 4.05. The van der Waals surface area contributed by atoms with Crippen LogP contribution in [0, 0.1) is 13.8 Å². The van der Waals surface area contributed by atoms with Gasteiger partial charge in [-0.3, -0.25) is 4.79 Å². The summed E-state index contributed by atoms with van der Waals surface area (Å²) in [6.07, 6.45) is 0. The minimum Gasteiger partial charge on any atom is -0.340 e. The first-order valence-electron chi connectivity index (χ1n) is 5.14. The first-order chi connectivity index (χ1) is 7.65. The molecular formula is C12H11N3O. The van der Waals surface area contributed by atoms with Gasteiger partial charge in [-0.1, -0.05) is 17.7 Å². The van der Waals surface area contributed by atoms with Crippen molar-refractivity contribution in [2.45, 2.75) is 13.8 Å². The fourth-order valence-electron chi connectivity index (χ4n) is 2.02. The van der Waals surface area contributed by atoms with Crippen molar-refractivity contribution in [3.05, 3.63) is 39.9 Å². The molecule has 0 aliphatic carbocycles. The maximum absolute atomic E-state index is 11.8. The molecule has 3 aromatic rings. The largest absolute Gasteiger partial charge is 0.340 e. The van der Waals surface area contributed by atoms with E-state index in [4.69, 9.17) is 0 Å². The van der Waals surface area contributed by atoms with Crippen molar-refractivity contribution in [2.75, 3.05) is 0 Å².